The van der Waals surface area contributed by atoms with E-state index in [2.05, 4.69) is 38.3 Å². The summed E-state index contributed by atoms with van der Waals surface area (Å²) < 4.78 is 0.195. The molecule has 0 saturated carbocycles. The Bertz CT molecular complexity index is 166. The molecule has 2 heteroatoms. The molecule has 1 saturated heterocycles. The zero-order valence-corrected chi connectivity index (χ0v) is 11.5. The topological polar surface area (TPSA) is 3.24 Å². The first kappa shape index (κ1) is 13.4. The summed E-state index contributed by atoms with van der Waals surface area (Å²) in [5.74, 6) is 1.01. The van der Waals surface area contributed by atoms with Crippen molar-refractivity contribution < 1.29 is 0 Å². The molecule has 0 aliphatic carbocycles. The number of rotatable bonds is 5. The van der Waals surface area contributed by atoms with Gasteiger partial charge in [-0.25, -0.2) is 0 Å². The first-order valence-corrected chi connectivity index (χ1v) is 6.90. The molecule has 0 aromatic carbocycles. The van der Waals surface area contributed by atoms with Crippen LogP contribution in [0.4, 0.5) is 0 Å². The van der Waals surface area contributed by atoms with Crippen LogP contribution in [0, 0.1) is 5.92 Å². The SMILES string of the molecule is CCCC1CCN(CCC(C)(C)S)CC1. The Labute approximate surface area is 101 Å². The number of likely N-dealkylation sites (tertiary alicyclic amines) is 1. The van der Waals surface area contributed by atoms with Gasteiger partial charge in [0, 0.05) is 4.75 Å². The predicted octanol–water partition coefficient (Wildman–Crippen LogP) is 3.60. The molecular weight excluding hydrogens is 202 g/mol. The molecule has 0 aromatic heterocycles. The van der Waals surface area contributed by atoms with Crippen molar-refractivity contribution in [1.82, 2.24) is 4.90 Å². The first-order chi connectivity index (χ1) is 7.01. The minimum absolute atomic E-state index is 0.195. The van der Waals surface area contributed by atoms with E-state index in [9.17, 15) is 0 Å². The third-order valence-corrected chi connectivity index (χ3v) is 3.67. The van der Waals surface area contributed by atoms with Crippen molar-refractivity contribution in [3.05, 3.63) is 0 Å². The van der Waals surface area contributed by atoms with Crippen molar-refractivity contribution in [2.45, 2.75) is 57.6 Å². The summed E-state index contributed by atoms with van der Waals surface area (Å²) in [5.41, 5.74) is 0. The fourth-order valence-electron chi connectivity index (χ4n) is 2.34. The lowest BCUT2D eigenvalue weighted by molar-refractivity contribution is 0.173. The van der Waals surface area contributed by atoms with Gasteiger partial charge in [0.15, 0.2) is 0 Å². The summed E-state index contributed by atoms with van der Waals surface area (Å²) in [6, 6.07) is 0. The Morgan fingerprint density at radius 3 is 2.33 bits per heavy atom. The summed E-state index contributed by atoms with van der Waals surface area (Å²) in [7, 11) is 0. The third-order valence-electron chi connectivity index (χ3n) is 3.44. The molecule has 0 amide bonds. The fraction of sp³-hybridized carbons (Fsp3) is 1.00. The second-order valence-corrected chi connectivity index (χ2v) is 6.85. The highest BCUT2D eigenvalue weighted by molar-refractivity contribution is 7.81. The van der Waals surface area contributed by atoms with Crippen LogP contribution in [0.1, 0.15) is 52.9 Å². The maximum atomic E-state index is 4.58. The van der Waals surface area contributed by atoms with Gasteiger partial charge in [0.25, 0.3) is 0 Å². The standard InChI is InChI=1S/C13H27NS/c1-4-5-12-6-9-14(10-7-12)11-8-13(2,3)15/h12,15H,4-11H2,1-3H3. The van der Waals surface area contributed by atoms with Gasteiger partial charge >= 0.3 is 0 Å². The first-order valence-electron chi connectivity index (χ1n) is 6.46. The minimum Gasteiger partial charge on any atom is -0.303 e. The van der Waals surface area contributed by atoms with Gasteiger partial charge < -0.3 is 4.90 Å². The second kappa shape index (κ2) is 6.15. The smallest absolute Gasteiger partial charge is 0.00853 e. The van der Waals surface area contributed by atoms with Crippen LogP contribution >= 0.6 is 12.6 Å². The molecule has 1 heterocycles. The molecule has 0 bridgehead atoms. The molecule has 1 aliphatic rings. The van der Waals surface area contributed by atoms with Gasteiger partial charge in [-0.3, -0.25) is 0 Å². The van der Waals surface area contributed by atoms with Gasteiger partial charge in [0.05, 0.1) is 0 Å². The van der Waals surface area contributed by atoms with E-state index in [1.54, 1.807) is 0 Å². The molecule has 0 atom stereocenters. The summed E-state index contributed by atoms with van der Waals surface area (Å²) in [6.07, 6.45) is 6.83. The van der Waals surface area contributed by atoms with Crippen LogP contribution in [-0.2, 0) is 0 Å². The Hall–Kier alpha value is 0.310. The van der Waals surface area contributed by atoms with Crippen LogP contribution < -0.4 is 0 Å². The molecular formula is C13H27NS. The summed E-state index contributed by atoms with van der Waals surface area (Å²) >= 11 is 4.58. The molecule has 15 heavy (non-hydrogen) atoms. The van der Waals surface area contributed by atoms with Gasteiger partial charge in [0.2, 0.25) is 0 Å². The largest absolute Gasteiger partial charge is 0.303 e. The molecule has 0 spiro atoms. The van der Waals surface area contributed by atoms with E-state index in [4.69, 9.17) is 0 Å². The van der Waals surface area contributed by atoms with Crippen LogP contribution in [0.2, 0.25) is 0 Å². The van der Waals surface area contributed by atoms with E-state index in [0.717, 1.165) is 5.92 Å². The zero-order chi connectivity index (χ0) is 11.3. The maximum Gasteiger partial charge on any atom is 0.00853 e. The average Bonchev–Trinajstić information content (AvgIpc) is 2.16. The zero-order valence-electron chi connectivity index (χ0n) is 10.6. The van der Waals surface area contributed by atoms with Gasteiger partial charge in [0.1, 0.15) is 0 Å². The van der Waals surface area contributed by atoms with Crippen LogP contribution in [0.5, 0.6) is 0 Å². The molecule has 1 rings (SSSR count). The van der Waals surface area contributed by atoms with Gasteiger partial charge in [-0.2, -0.15) is 12.6 Å². The number of hydrogen-bond acceptors (Lipinski definition) is 2. The Balaban J connectivity index is 2.15. The van der Waals surface area contributed by atoms with E-state index >= 15 is 0 Å². The second-order valence-electron chi connectivity index (χ2n) is 5.64. The normalized spacial score (nSPS) is 20.8. The number of piperidine rings is 1. The van der Waals surface area contributed by atoms with Gasteiger partial charge in [-0.05, 0) is 44.8 Å². The van der Waals surface area contributed by atoms with Gasteiger partial charge in [-0.15, -0.1) is 0 Å². The van der Waals surface area contributed by atoms with E-state index < -0.39 is 0 Å². The highest BCUT2D eigenvalue weighted by Crippen LogP contribution is 2.23. The molecule has 0 radical (unpaired) electrons. The van der Waals surface area contributed by atoms with Crippen molar-refractivity contribution in [3.63, 3.8) is 0 Å². The number of nitrogens with zero attached hydrogens (tertiary/aromatic N) is 1. The summed E-state index contributed by atoms with van der Waals surface area (Å²) in [5, 5.41) is 0. The lowest BCUT2D eigenvalue weighted by Gasteiger charge is -2.33. The van der Waals surface area contributed by atoms with E-state index in [0.29, 0.717) is 0 Å². The Morgan fingerprint density at radius 1 is 1.27 bits per heavy atom. The quantitative estimate of drug-likeness (QED) is 0.705. The predicted molar refractivity (Wildman–Crippen MR) is 71.8 cm³/mol. The number of hydrogen-bond donors (Lipinski definition) is 1. The lowest BCUT2D eigenvalue weighted by atomic mass is 9.92. The van der Waals surface area contributed by atoms with Crippen molar-refractivity contribution in [3.8, 4) is 0 Å². The average molecular weight is 229 g/mol. The molecule has 1 aliphatic heterocycles. The van der Waals surface area contributed by atoms with E-state index in [-0.39, 0.29) is 4.75 Å². The van der Waals surface area contributed by atoms with E-state index in [1.807, 2.05) is 0 Å². The van der Waals surface area contributed by atoms with Crippen LogP contribution in [0.3, 0.4) is 0 Å². The third kappa shape index (κ3) is 5.82. The van der Waals surface area contributed by atoms with Crippen molar-refractivity contribution in [2.24, 2.45) is 5.92 Å². The molecule has 1 nitrogen and oxygen atoms in total. The molecule has 0 unspecified atom stereocenters. The van der Waals surface area contributed by atoms with Crippen molar-refractivity contribution in [1.29, 1.82) is 0 Å². The van der Waals surface area contributed by atoms with Crippen molar-refractivity contribution in [2.75, 3.05) is 19.6 Å². The highest BCUT2D eigenvalue weighted by Gasteiger charge is 2.20. The fourth-order valence-corrected chi connectivity index (χ4v) is 2.44. The molecule has 0 aromatic rings. The molecule has 1 fully saturated rings. The Morgan fingerprint density at radius 2 is 1.87 bits per heavy atom. The lowest BCUT2D eigenvalue weighted by Crippen LogP contribution is -2.36. The van der Waals surface area contributed by atoms with E-state index in [1.165, 1.54) is 51.7 Å². The molecule has 90 valence electrons. The van der Waals surface area contributed by atoms with Gasteiger partial charge in [-0.1, -0.05) is 33.6 Å². The monoisotopic (exact) mass is 229 g/mol. The maximum absolute atomic E-state index is 4.58. The summed E-state index contributed by atoms with van der Waals surface area (Å²) in [4.78, 5) is 2.62. The van der Waals surface area contributed by atoms with Crippen molar-refractivity contribution >= 4 is 12.6 Å². The summed E-state index contributed by atoms with van der Waals surface area (Å²) in [6.45, 7) is 10.6. The highest BCUT2D eigenvalue weighted by atomic mass is 32.1. The minimum atomic E-state index is 0.195. The Kier molecular flexibility index (Phi) is 5.48. The van der Waals surface area contributed by atoms with Crippen LogP contribution in [-0.4, -0.2) is 29.3 Å². The molecule has 0 N–H and O–H groups in total. The number of thiol groups is 1. The van der Waals surface area contributed by atoms with Crippen LogP contribution in [0.15, 0.2) is 0 Å². The van der Waals surface area contributed by atoms with Crippen LogP contribution in [0.25, 0.3) is 0 Å².